The third kappa shape index (κ3) is 13.6. The molecule has 0 rings (SSSR count). The van der Waals surface area contributed by atoms with Crippen molar-refractivity contribution in [3.8, 4) is 0 Å². The molecule has 0 aromatic rings. The van der Waals surface area contributed by atoms with Crippen LogP contribution in [0.3, 0.4) is 0 Å². The van der Waals surface area contributed by atoms with E-state index in [2.05, 4.69) is 24.5 Å². The molecule has 0 spiro atoms. The van der Waals surface area contributed by atoms with Crippen LogP contribution in [0.5, 0.6) is 0 Å². The van der Waals surface area contributed by atoms with Gasteiger partial charge in [0.05, 0.1) is 12.1 Å². The summed E-state index contributed by atoms with van der Waals surface area (Å²) in [5.41, 5.74) is 0.0228. The van der Waals surface area contributed by atoms with Crippen LogP contribution in [0.2, 0.25) is 0 Å². The summed E-state index contributed by atoms with van der Waals surface area (Å²) in [6, 6.07) is -0.595. The van der Waals surface area contributed by atoms with Gasteiger partial charge in [-0.1, -0.05) is 27.7 Å². The van der Waals surface area contributed by atoms with Crippen LogP contribution in [0, 0.1) is 11.8 Å². The number of carbonyl (C=O) groups is 3. The summed E-state index contributed by atoms with van der Waals surface area (Å²) in [5.74, 6) is -0.318. The van der Waals surface area contributed by atoms with Crippen LogP contribution >= 0.6 is 0 Å². The Labute approximate surface area is 179 Å². The zero-order valence-corrected chi connectivity index (χ0v) is 19.9. The van der Waals surface area contributed by atoms with E-state index < -0.39 is 6.04 Å². The SMILES string of the molecule is CNC(C)(C)CCOC(C)CCC(=O)NC(CCC(=O)C(C)C)C(=O)C(C)C.[BH]. The fourth-order valence-electron chi connectivity index (χ4n) is 2.59. The molecule has 0 bridgehead atoms. The molecular weight excluding hydrogens is 367 g/mol. The first-order valence-electron chi connectivity index (χ1n) is 10.6. The second-order valence-electron chi connectivity index (χ2n) is 8.94. The van der Waals surface area contributed by atoms with E-state index >= 15 is 0 Å². The van der Waals surface area contributed by atoms with E-state index in [9.17, 15) is 14.4 Å². The molecule has 168 valence electrons. The average Bonchev–Trinajstić information content (AvgIpc) is 2.62. The normalized spacial score (nSPS) is 13.7. The Balaban J connectivity index is 0. The van der Waals surface area contributed by atoms with Gasteiger partial charge in [0.25, 0.3) is 0 Å². The first-order valence-corrected chi connectivity index (χ1v) is 10.6. The molecule has 29 heavy (non-hydrogen) atoms. The lowest BCUT2D eigenvalue weighted by Crippen LogP contribution is -2.43. The fraction of sp³-hybridized carbons (Fsp3) is 0.864. The number of ether oxygens (including phenoxy) is 1. The number of amides is 1. The Hall–Kier alpha value is -1.21. The fourth-order valence-corrected chi connectivity index (χ4v) is 2.59. The molecule has 2 radical (unpaired) electrons. The number of nitrogens with one attached hydrogen (secondary N) is 2. The third-order valence-electron chi connectivity index (χ3n) is 5.16. The third-order valence-corrected chi connectivity index (χ3v) is 5.16. The van der Waals surface area contributed by atoms with E-state index in [4.69, 9.17) is 4.74 Å². The zero-order chi connectivity index (χ0) is 21.9. The van der Waals surface area contributed by atoms with Gasteiger partial charge in [-0.3, -0.25) is 14.4 Å². The number of hydrogen-bond acceptors (Lipinski definition) is 5. The maximum absolute atomic E-state index is 12.4. The van der Waals surface area contributed by atoms with E-state index in [1.54, 1.807) is 0 Å². The molecule has 7 heteroatoms. The van der Waals surface area contributed by atoms with Crippen molar-refractivity contribution in [3.05, 3.63) is 0 Å². The Kier molecular flexibility index (Phi) is 15.2. The molecule has 2 unspecified atom stereocenters. The Morgan fingerprint density at radius 2 is 1.52 bits per heavy atom. The molecule has 6 nitrogen and oxygen atoms in total. The highest BCUT2D eigenvalue weighted by atomic mass is 16.5. The Bertz CT molecular complexity index is 507. The van der Waals surface area contributed by atoms with Crippen molar-refractivity contribution >= 4 is 25.9 Å². The van der Waals surface area contributed by atoms with Crippen molar-refractivity contribution in [2.24, 2.45) is 11.8 Å². The molecule has 0 fully saturated rings. The summed E-state index contributed by atoms with van der Waals surface area (Å²) in [7, 11) is 1.93. The highest BCUT2D eigenvalue weighted by Crippen LogP contribution is 2.12. The van der Waals surface area contributed by atoms with Gasteiger partial charge in [0, 0.05) is 45.2 Å². The number of Topliss-reactive ketones (excluding diaryl/α,β-unsaturated/α-hetero) is 2. The van der Waals surface area contributed by atoms with Gasteiger partial charge >= 0.3 is 0 Å². The molecule has 0 aliphatic rings. The van der Waals surface area contributed by atoms with Crippen molar-refractivity contribution in [2.75, 3.05) is 13.7 Å². The standard InChI is InChI=1S/C22H42N2O4.BH/c1-15(2)19(25)11-10-18(21(27)16(3)4)24-20(26)12-9-17(5)28-14-13-22(6,7)23-8;/h15-18,23H,9-14H2,1-8H3,(H,24,26);1H. The maximum atomic E-state index is 12.4. The van der Waals surface area contributed by atoms with Crippen molar-refractivity contribution in [1.82, 2.24) is 10.6 Å². The second kappa shape index (κ2) is 14.7. The summed E-state index contributed by atoms with van der Waals surface area (Å²) < 4.78 is 5.79. The molecule has 2 atom stereocenters. The van der Waals surface area contributed by atoms with Crippen molar-refractivity contribution in [1.29, 1.82) is 0 Å². The lowest BCUT2D eigenvalue weighted by Gasteiger charge is -2.25. The summed E-state index contributed by atoms with van der Waals surface area (Å²) in [6.07, 6.45) is 2.43. The van der Waals surface area contributed by atoms with Gasteiger partial charge in [0.15, 0.2) is 5.78 Å². The van der Waals surface area contributed by atoms with Crippen molar-refractivity contribution in [3.63, 3.8) is 0 Å². The van der Waals surface area contributed by atoms with E-state index in [-0.39, 0.29) is 49.4 Å². The predicted octanol–water partition coefficient (Wildman–Crippen LogP) is 2.63. The minimum absolute atomic E-state index is 0. The number of rotatable bonds is 15. The highest BCUT2D eigenvalue weighted by Gasteiger charge is 2.24. The summed E-state index contributed by atoms with van der Waals surface area (Å²) in [4.78, 5) is 36.6. The molecule has 0 aliphatic carbocycles. The van der Waals surface area contributed by atoms with Gasteiger partial charge in [0.1, 0.15) is 5.78 Å². The van der Waals surface area contributed by atoms with E-state index in [1.807, 2.05) is 41.7 Å². The van der Waals surface area contributed by atoms with E-state index in [1.165, 1.54) is 0 Å². The predicted molar refractivity (Wildman–Crippen MR) is 120 cm³/mol. The van der Waals surface area contributed by atoms with Crippen LogP contribution in [-0.2, 0) is 19.1 Å². The molecule has 2 N–H and O–H groups in total. The number of ketones is 2. The average molecular weight is 410 g/mol. The topological polar surface area (TPSA) is 84.5 Å². The molecule has 0 saturated carbocycles. The zero-order valence-electron chi connectivity index (χ0n) is 19.9. The number of hydrogen-bond donors (Lipinski definition) is 2. The van der Waals surface area contributed by atoms with Gasteiger partial charge in [-0.2, -0.15) is 0 Å². The lowest BCUT2D eigenvalue weighted by molar-refractivity contribution is -0.130. The van der Waals surface area contributed by atoms with Gasteiger partial charge < -0.3 is 15.4 Å². The monoisotopic (exact) mass is 410 g/mol. The van der Waals surface area contributed by atoms with Gasteiger partial charge in [0.2, 0.25) is 5.91 Å². The van der Waals surface area contributed by atoms with Crippen LogP contribution in [0.4, 0.5) is 0 Å². The van der Waals surface area contributed by atoms with E-state index in [0.717, 1.165) is 6.42 Å². The van der Waals surface area contributed by atoms with Crippen LogP contribution in [-0.4, -0.2) is 57.2 Å². The first kappa shape index (κ1) is 30.0. The molecule has 0 aromatic carbocycles. The van der Waals surface area contributed by atoms with Gasteiger partial charge in [-0.25, -0.2) is 0 Å². The van der Waals surface area contributed by atoms with Crippen LogP contribution in [0.15, 0.2) is 0 Å². The first-order chi connectivity index (χ1) is 12.9. The minimum atomic E-state index is -0.595. The largest absolute Gasteiger partial charge is 0.378 e. The molecule has 0 heterocycles. The van der Waals surface area contributed by atoms with Gasteiger partial charge in [-0.05, 0) is 47.1 Å². The Morgan fingerprint density at radius 3 is 2.00 bits per heavy atom. The highest BCUT2D eigenvalue weighted by molar-refractivity contribution is 5.91. The van der Waals surface area contributed by atoms with E-state index in [0.29, 0.717) is 32.3 Å². The summed E-state index contributed by atoms with van der Waals surface area (Å²) in [6.45, 7) is 14.1. The summed E-state index contributed by atoms with van der Waals surface area (Å²) in [5, 5.41) is 6.06. The molecule has 0 aliphatic heterocycles. The second-order valence-corrected chi connectivity index (χ2v) is 8.94. The molecule has 0 aromatic heterocycles. The molecular formula is C22H43BN2O4. The van der Waals surface area contributed by atoms with Crippen molar-refractivity contribution in [2.45, 2.75) is 98.3 Å². The summed E-state index contributed by atoms with van der Waals surface area (Å²) >= 11 is 0. The van der Waals surface area contributed by atoms with Crippen LogP contribution in [0.1, 0.15) is 80.6 Å². The lowest BCUT2D eigenvalue weighted by atomic mass is 9.94. The minimum Gasteiger partial charge on any atom is -0.378 e. The smallest absolute Gasteiger partial charge is 0.220 e. The number of carbonyl (C=O) groups excluding carboxylic acids is 3. The van der Waals surface area contributed by atoms with Crippen molar-refractivity contribution < 1.29 is 19.1 Å². The van der Waals surface area contributed by atoms with Crippen LogP contribution < -0.4 is 10.6 Å². The Morgan fingerprint density at radius 1 is 0.931 bits per heavy atom. The van der Waals surface area contributed by atoms with Gasteiger partial charge in [-0.15, -0.1) is 0 Å². The molecule has 1 amide bonds. The van der Waals surface area contributed by atoms with Crippen LogP contribution in [0.25, 0.3) is 0 Å². The molecule has 0 saturated heterocycles. The quantitative estimate of drug-likeness (QED) is 0.406. The maximum Gasteiger partial charge on any atom is 0.220 e.